The Kier molecular flexibility index (Phi) is 3.83. The van der Waals surface area contributed by atoms with Crippen molar-refractivity contribution in [2.24, 2.45) is 14.1 Å². The van der Waals surface area contributed by atoms with Gasteiger partial charge in [0.1, 0.15) is 5.52 Å². The van der Waals surface area contributed by atoms with Gasteiger partial charge in [0, 0.05) is 56.8 Å². The van der Waals surface area contributed by atoms with E-state index in [1.54, 1.807) is 29.3 Å². The number of hydrogen-bond acceptors (Lipinski definition) is 7. The molecule has 0 aliphatic heterocycles. The van der Waals surface area contributed by atoms with Crippen molar-refractivity contribution in [2.45, 2.75) is 6.92 Å². The average Bonchev–Trinajstić information content (AvgIpc) is 3.41. The molecule has 0 spiro atoms. The molecule has 1 N–H and O–H groups in total. The molecule has 5 aromatic heterocycles. The van der Waals surface area contributed by atoms with E-state index < -0.39 is 0 Å². The highest BCUT2D eigenvalue weighted by Gasteiger charge is 2.19. The summed E-state index contributed by atoms with van der Waals surface area (Å²) in [5.41, 5.74) is 3.69. The Bertz CT molecular complexity index is 1310. The Morgan fingerprint density at radius 2 is 1.79 bits per heavy atom. The van der Waals surface area contributed by atoms with Crippen molar-refractivity contribution in [1.29, 1.82) is 0 Å². The van der Waals surface area contributed by atoms with Gasteiger partial charge in [-0.15, -0.1) is 5.10 Å². The minimum absolute atomic E-state index is 0.457. The van der Waals surface area contributed by atoms with Gasteiger partial charge in [-0.2, -0.15) is 5.10 Å². The maximum absolute atomic E-state index is 4.74. The van der Waals surface area contributed by atoms with Crippen LogP contribution in [0.5, 0.6) is 0 Å². The number of fused-ring (bicyclic) bond motifs is 1. The second-order valence-electron chi connectivity index (χ2n) is 6.68. The molecule has 0 aliphatic carbocycles. The predicted molar refractivity (Wildman–Crippen MR) is 107 cm³/mol. The van der Waals surface area contributed by atoms with Crippen molar-refractivity contribution in [3.63, 3.8) is 0 Å². The minimum atomic E-state index is 0.457. The van der Waals surface area contributed by atoms with Crippen LogP contribution >= 0.6 is 0 Å². The molecule has 0 saturated carbocycles. The molecular weight excluding hydrogens is 368 g/mol. The van der Waals surface area contributed by atoms with Gasteiger partial charge in [0.15, 0.2) is 11.6 Å². The molecule has 5 aromatic rings. The van der Waals surface area contributed by atoms with Gasteiger partial charge in [-0.25, -0.2) is 24.5 Å². The number of imidazole rings is 1. The highest BCUT2D eigenvalue weighted by atomic mass is 15.3. The molecule has 0 aliphatic rings. The van der Waals surface area contributed by atoms with E-state index in [1.165, 1.54) is 0 Å². The van der Waals surface area contributed by atoms with Crippen LogP contribution in [0.3, 0.4) is 0 Å². The summed E-state index contributed by atoms with van der Waals surface area (Å²) in [6, 6.07) is 3.74. The molecule has 29 heavy (non-hydrogen) atoms. The minimum Gasteiger partial charge on any atom is -0.331 e. The van der Waals surface area contributed by atoms with E-state index in [4.69, 9.17) is 10.1 Å². The van der Waals surface area contributed by atoms with E-state index in [-0.39, 0.29) is 0 Å². The van der Waals surface area contributed by atoms with Crippen LogP contribution in [-0.2, 0) is 14.1 Å². The molecule has 0 aromatic carbocycles. The van der Waals surface area contributed by atoms with Gasteiger partial charge < -0.3 is 9.88 Å². The Morgan fingerprint density at radius 1 is 0.966 bits per heavy atom. The zero-order valence-corrected chi connectivity index (χ0v) is 16.1. The summed E-state index contributed by atoms with van der Waals surface area (Å²) < 4.78 is 5.46. The zero-order chi connectivity index (χ0) is 20.0. The van der Waals surface area contributed by atoms with Crippen molar-refractivity contribution in [1.82, 2.24) is 43.9 Å². The molecule has 10 heteroatoms. The molecule has 0 fully saturated rings. The lowest BCUT2D eigenvalue weighted by atomic mass is 10.1. The molecule has 144 valence electrons. The van der Waals surface area contributed by atoms with E-state index in [1.807, 2.05) is 54.8 Å². The van der Waals surface area contributed by atoms with E-state index >= 15 is 0 Å². The first-order valence-electron chi connectivity index (χ1n) is 9.02. The van der Waals surface area contributed by atoms with Crippen LogP contribution < -0.4 is 5.32 Å². The number of nitrogens with zero attached hydrogens (tertiary/aromatic N) is 9. The van der Waals surface area contributed by atoms with E-state index in [0.717, 1.165) is 22.3 Å². The largest absolute Gasteiger partial charge is 0.331 e. The van der Waals surface area contributed by atoms with Crippen LogP contribution in [0.1, 0.15) is 5.56 Å². The fourth-order valence-corrected chi connectivity index (χ4v) is 3.28. The van der Waals surface area contributed by atoms with Crippen LogP contribution in [0.4, 0.5) is 11.8 Å². The van der Waals surface area contributed by atoms with Crippen LogP contribution in [0.2, 0.25) is 0 Å². The molecule has 5 rings (SSSR count). The average molecular weight is 386 g/mol. The predicted octanol–water partition coefficient (Wildman–Crippen LogP) is 2.37. The summed E-state index contributed by atoms with van der Waals surface area (Å²) in [5.74, 6) is 2.21. The first-order valence-corrected chi connectivity index (χ1v) is 9.02. The van der Waals surface area contributed by atoms with Crippen molar-refractivity contribution in [2.75, 3.05) is 5.32 Å². The summed E-state index contributed by atoms with van der Waals surface area (Å²) in [6.45, 7) is 2.03. The topological polar surface area (TPSA) is 104 Å². The first kappa shape index (κ1) is 17.0. The maximum Gasteiger partial charge on any atom is 0.228 e. The lowest BCUT2D eigenvalue weighted by Crippen LogP contribution is -2.07. The fraction of sp³-hybridized carbons (Fsp3) is 0.158. The third-order valence-corrected chi connectivity index (χ3v) is 4.69. The highest BCUT2D eigenvalue weighted by Crippen LogP contribution is 2.31. The Labute approximate surface area is 165 Å². The number of hydrogen-bond donors (Lipinski definition) is 1. The second kappa shape index (κ2) is 6.51. The molecule has 0 amide bonds. The molecule has 0 atom stereocenters. The van der Waals surface area contributed by atoms with Gasteiger partial charge in [0.05, 0.1) is 5.69 Å². The number of aryl methyl sites for hydroxylation is 3. The first-order chi connectivity index (χ1) is 14.1. The summed E-state index contributed by atoms with van der Waals surface area (Å²) >= 11 is 0. The van der Waals surface area contributed by atoms with Crippen molar-refractivity contribution in [3.05, 3.63) is 54.9 Å². The third kappa shape index (κ3) is 2.90. The normalized spacial score (nSPS) is 11.3. The molecule has 0 radical (unpaired) electrons. The lowest BCUT2D eigenvalue weighted by molar-refractivity contribution is 0.770. The Balaban J connectivity index is 1.74. The summed E-state index contributed by atoms with van der Waals surface area (Å²) in [6.07, 6.45) is 10.8. The molecule has 0 unspecified atom stereocenters. The lowest BCUT2D eigenvalue weighted by Gasteiger charge is -2.09. The van der Waals surface area contributed by atoms with Crippen molar-refractivity contribution in [3.8, 4) is 22.9 Å². The molecule has 0 saturated heterocycles. The quantitative estimate of drug-likeness (QED) is 0.506. The molecule has 0 bridgehead atoms. The Hall–Kier alpha value is -4.08. The number of rotatable bonds is 4. The summed E-state index contributed by atoms with van der Waals surface area (Å²) in [5, 5.41) is 12.5. The van der Waals surface area contributed by atoms with Crippen molar-refractivity contribution < 1.29 is 0 Å². The monoisotopic (exact) mass is 386 g/mol. The Morgan fingerprint density at radius 3 is 2.48 bits per heavy atom. The molecule has 5 heterocycles. The fourth-order valence-electron chi connectivity index (χ4n) is 3.28. The third-order valence-electron chi connectivity index (χ3n) is 4.69. The SMILES string of the molecule is Cc1c(-c2ccn(C)n2)cn2nc(-c3nccn3C)nc(Nc3ncccn3)c12. The summed E-state index contributed by atoms with van der Waals surface area (Å²) in [4.78, 5) is 17.6. The molecule has 10 nitrogen and oxygen atoms in total. The molecular formula is C19H18N10. The standard InChI is InChI=1S/C19H18N10/c1-12-13(14-5-9-28(3)25-14)11-29-15(12)16(24-19-21-6-4-7-22-19)23-17(26-29)18-20-8-10-27(18)2/h4-11H,1-3H3,(H,21,22,23,24,26). The van der Waals surface area contributed by atoms with Gasteiger partial charge in [-0.05, 0) is 24.6 Å². The van der Waals surface area contributed by atoms with Gasteiger partial charge in [0.2, 0.25) is 11.8 Å². The van der Waals surface area contributed by atoms with Crippen LogP contribution in [0.25, 0.3) is 28.4 Å². The van der Waals surface area contributed by atoms with Crippen LogP contribution in [0, 0.1) is 6.92 Å². The number of anilines is 2. The van der Waals surface area contributed by atoms with E-state index in [0.29, 0.717) is 23.4 Å². The van der Waals surface area contributed by atoms with Crippen LogP contribution in [0.15, 0.2) is 49.3 Å². The van der Waals surface area contributed by atoms with Crippen molar-refractivity contribution >= 4 is 17.3 Å². The number of nitrogens with one attached hydrogen (secondary N) is 1. The summed E-state index contributed by atoms with van der Waals surface area (Å²) in [7, 11) is 3.80. The highest BCUT2D eigenvalue weighted by molar-refractivity contribution is 5.83. The van der Waals surface area contributed by atoms with Gasteiger partial charge in [-0.1, -0.05) is 0 Å². The zero-order valence-electron chi connectivity index (χ0n) is 16.1. The van der Waals surface area contributed by atoms with E-state index in [9.17, 15) is 0 Å². The van der Waals surface area contributed by atoms with Gasteiger partial charge in [0.25, 0.3) is 0 Å². The van der Waals surface area contributed by atoms with Crippen LogP contribution in [-0.4, -0.2) is 43.9 Å². The second-order valence-corrected chi connectivity index (χ2v) is 6.68. The maximum atomic E-state index is 4.74. The smallest absolute Gasteiger partial charge is 0.228 e. The van der Waals surface area contributed by atoms with E-state index in [2.05, 4.69) is 25.4 Å². The number of aromatic nitrogens is 9. The van der Waals surface area contributed by atoms with Gasteiger partial charge >= 0.3 is 0 Å². The van der Waals surface area contributed by atoms with Gasteiger partial charge in [-0.3, -0.25) is 4.68 Å².